The second-order valence-electron chi connectivity index (χ2n) is 4.61. The van der Waals surface area contributed by atoms with Crippen molar-refractivity contribution in [1.82, 2.24) is 5.32 Å². The number of halogens is 1. The number of ether oxygens (including phenoxy) is 1. The summed E-state index contributed by atoms with van der Waals surface area (Å²) in [5, 5.41) is 3.10. The van der Waals surface area contributed by atoms with E-state index in [1.807, 2.05) is 24.3 Å². The SMILES string of the molecule is CC1(NC(=O)c2ccccc2Br)CCOCC1. The summed E-state index contributed by atoms with van der Waals surface area (Å²) in [6.45, 7) is 3.50. The first kappa shape index (κ1) is 12.6. The number of hydrogen-bond acceptors (Lipinski definition) is 2. The van der Waals surface area contributed by atoms with Crippen molar-refractivity contribution in [2.45, 2.75) is 25.3 Å². The molecule has 3 nitrogen and oxygen atoms in total. The third-order valence-corrected chi connectivity index (χ3v) is 3.82. The maximum atomic E-state index is 12.2. The Hall–Kier alpha value is -0.870. The minimum Gasteiger partial charge on any atom is -0.381 e. The summed E-state index contributed by atoms with van der Waals surface area (Å²) < 4.78 is 6.14. The Morgan fingerprint density at radius 1 is 1.35 bits per heavy atom. The molecule has 2 rings (SSSR count). The van der Waals surface area contributed by atoms with E-state index in [9.17, 15) is 4.79 Å². The fraction of sp³-hybridized carbons (Fsp3) is 0.462. The van der Waals surface area contributed by atoms with Crippen LogP contribution in [0.4, 0.5) is 0 Å². The van der Waals surface area contributed by atoms with Crippen LogP contribution in [0.25, 0.3) is 0 Å². The van der Waals surface area contributed by atoms with Crippen molar-refractivity contribution >= 4 is 21.8 Å². The van der Waals surface area contributed by atoms with Gasteiger partial charge in [-0.25, -0.2) is 0 Å². The number of carbonyl (C=O) groups excluding carboxylic acids is 1. The lowest BCUT2D eigenvalue weighted by Crippen LogP contribution is -2.49. The lowest BCUT2D eigenvalue weighted by Gasteiger charge is -2.34. The van der Waals surface area contributed by atoms with E-state index in [4.69, 9.17) is 4.74 Å². The summed E-state index contributed by atoms with van der Waals surface area (Å²) in [4.78, 5) is 12.2. The van der Waals surface area contributed by atoms with Crippen LogP contribution in [0.3, 0.4) is 0 Å². The molecule has 0 radical (unpaired) electrons. The zero-order valence-corrected chi connectivity index (χ0v) is 11.4. The second kappa shape index (κ2) is 5.19. The normalized spacial score (nSPS) is 18.7. The van der Waals surface area contributed by atoms with E-state index in [1.165, 1.54) is 0 Å². The van der Waals surface area contributed by atoms with Crippen LogP contribution in [0.5, 0.6) is 0 Å². The molecule has 1 amide bonds. The topological polar surface area (TPSA) is 38.3 Å². The highest BCUT2D eigenvalue weighted by Gasteiger charge is 2.29. The summed E-state index contributed by atoms with van der Waals surface area (Å²) in [6.07, 6.45) is 1.73. The zero-order valence-electron chi connectivity index (χ0n) is 9.83. The van der Waals surface area contributed by atoms with Crippen LogP contribution in [-0.2, 0) is 4.74 Å². The van der Waals surface area contributed by atoms with Crippen molar-refractivity contribution in [2.24, 2.45) is 0 Å². The Bertz CT molecular complexity index is 414. The van der Waals surface area contributed by atoms with Gasteiger partial charge in [0.2, 0.25) is 0 Å². The first-order valence-electron chi connectivity index (χ1n) is 5.75. The van der Waals surface area contributed by atoms with Gasteiger partial charge in [0.05, 0.1) is 5.56 Å². The minimum absolute atomic E-state index is 0.0260. The van der Waals surface area contributed by atoms with Gasteiger partial charge in [-0.1, -0.05) is 12.1 Å². The molecule has 4 heteroatoms. The maximum Gasteiger partial charge on any atom is 0.252 e. The van der Waals surface area contributed by atoms with Gasteiger partial charge in [0, 0.05) is 23.2 Å². The van der Waals surface area contributed by atoms with E-state index < -0.39 is 0 Å². The number of benzene rings is 1. The molecule has 0 bridgehead atoms. The van der Waals surface area contributed by atoms with Gasteiger partial charge in [0.1, 0.15) is 0 Å². The maximum absolute atomic E-state index is 12.2. The second-order valence-corrected chi connectivity index (χ2v) is 5.46. The van der Waals surface area contributed by atoms with Gasteiger partial charge in [-0.3, -0.25) is 4.79 Å². The van der Waals surface area contributed by atoms with Crippen LogP contribution in [0, 0.1) is 0 Å². The van der Waals surface area contributed by atoms with Gasteiger partial charge >= 0.3 is 0 Å². The number of hydrogen-bond donors (Lipinski definition) is 1. The van der Waals surface area contributed by atoms with Crippen LogP contribution in [0.15, 0.2) is 28.7 Å². The average Bonchev–Trinajstić information content (AvgIpc) is 2.29. The lowest BCUT2D eigenvalue weighted by atomic mass is 9.92. The third-order valence-electron chi connectivity index (χ3n) is 3.13. The molecular weight excluding hydrogens is 282 g/mol. The standard InChI is InChI=1S/C13H16BrNO2/c1-13(6-8-17-9-7-13)15-12(16)10-4-2-3-5-11(10)14/h2-5H,6-9H2,1H3,(H,15,16). The number of amides is 1. The van der Waals surface area contributed by atoms with E-state index >= 15 is 0 Å². The molecule has 1 N–H and O–H groups in total. The van der Waals surface area contributed by atoms with Gasteiger partial charge in [-0.05, 0) is 47.8 Å². The zero-order chi connectivity index (χ0) is 12.3. The Morgan fingerprint density at radius 2 is 2.00 bits per heavy atom. The van der Waals surface area contributed by atoms with E-state index in [0.29, 0.717) is 18.8 Å². The first-order valence-corrected chi connectivity index (χ1v) is 6.55. The molecule has 17 heavy (non-hydrogen) atoms. The number of rotatable bonds is 2. The summed E-state index contributed by atoms with van der Waals surface area (Å²) in [7, 11) is 0. The first-order chi connectivity index (χ1) is 8.11. The van der Waals surface area contributed by atoms with Gasteiger partial charge in [-0.15, -0.1) is 0 Å². The smallest absolute Gasteiger partial charge is 0.252 e. The van der Waals surface area contributed by atoms with Crippen molar-refractivity contribution < 1.29 is 9.53 Å². The molecule has 1 saturated heterocycles. The lowest BCUT2D eigenvalue weighted by molar-refractivity contribution is 0.0422. The average molecular weight is 298 g/mol. The van der Waals surface area contributed by atoms with Crippen LogP contribution in [-0.4, -0.2) is 24.7 Å². The van der Waals surface area contributed by atoms with Crippen molar-refractivity contribution in [1.29, 1.82) is 0 Å². The van der Waals surface area contributed by atoms with E-state index in [0.717, 1.165) is 17.3 Å². The summed E-state index contributed by atoms with van der Waals surface area (Å²) in [6, 6.07) is 7.46. The van der Waals surface area contributed by atoms with Gasteiger partial charge in [-0.2, -0.15) is 0 Å². The largest absolute Gasteiger partial charge is 0.381 e. The van der Waals surface area contributed by atoms with Crippen LogP contribution >= 0.6 is 15.9 Å². The van der Waals surface area contributed by atoms with E-state index in [-0.39, 0.29) is 11.4 Å². The number of carbonyl (C=O) groups is 1. The fourth-order valence-corrected chi connectivity index (χ4v) is 2.40. The summed E-state index contributed by atoms with van der Waals surface area (Å²) >= 11 is 3.39. The molecular formula is C13H16BrNO2. The van der Waals surface area contributed by atoms with Crippen molar-refractivity contribution in [3.05, 3.63) is 34.3 Å². The predicted octanol–water partition coefficient (Wildman–Crippen LogP) is 2.75. The third kappa shape index (κ3) is 3.07. The molecule has 0 saturated carbocycles. The van der Waals surface area contributed by atoms with Gasteiger partial charge in [0.25, 0.3) is 5.91 Å². The minimum atomic E-state index is -0.148. The molecule has 1 aliphatic rings. The Labute approximate surface area is 110 Å². The molecule has 92 valence electrons. The Balaban J connectivity index is 2.09. The van der Waals surface area contributed by atoms with Gasteiger partial charge in [0.15, 0.2) is 0 Å². The van der Waals surface area contributed by atoms with Crippen LogP contribution in [0.2, 0.25) is 0 Å². The molecule has 1 heterocycles. The molecule has 1 fully saturated rings. The molecule has 0 aliphatic carbocycles. The monoisotopic (exact) mass is 297 g/mol. The highest BCUT2D eigenvalue weighted by molar-refractivity contribution is 9.10. The quantitative estimate of drug-likeness (QED) is 0.911. The van der Waals surface area contributed by atoms with E-state index in [2.05, 4.69) is 28.2 Å². The highest BCUT2D eigenvalue weighted by Crippen LogP contribution is 2.22. The van der Waals surface area contributed by atoms with E-state index in [1.54, 1.807) is 0 Å². The van der Waals surface area contributed by atoms with Crippen molar-refractivity contribution in [2.75, 3.05) is 13.2 Å². The molecule has 0 atom stereocenters. The van der Waals surface area contributed by atoms with Crippen molar-refractivity contribution in [3.8, 4) is 0 Å². The Kier molecular flexibility index (Phi) is 3.84. The molecule has 1 aliphatic heterocycles. The highest BCUT2D eigenvalue weighted by atomic mass is 79.9. The summed E-state index contributed by atoms with van der Waals surface area (Å²) in [5.74, 6) is -0.0260. The Morgan fingerprint density at radius 3 is 2.65 bits per heavy atom. The van der Waals surface area contributed by atoms with Gasteiger partial charge < -0.3 is 10.1 Å². The predicted molar refractivity (Wildman–Crippen MR) is 70.1 cm³/mol. The molecule has 0 aromatic heterocycles. The molecule has 0 spiro atoms. The molecule has 0 unspecified atom stereocenters. The summed E-state index contributed by atoms with van der Waals surface area (Å²) in [5.41, 5.74) is 0.533. The van der Waals surface area contributed by atoms with Crippen molar-refractivity contribution in [3.63, 3.8) is 0 Å². The fourth-order valence-electron chi connectivity index (χ4n) is 1.93. The number of nitrogens with one attached hydrogen (secondary N) is 1. The van der Waals surface area contributed by atoms with Crippen LogP contribution in [0.1, 0.15) is 30.1 Å². The molecule has 1 aromatic carbocycles. The molecule has 1 aromatic rings. The van der Waals surface area contributed by atoms with Crippen LogP contribution < -0.4 is 5.32 Å².